The summed E-state index contributed by atoms with van der Waals surface area (Å²) in [5.41, 5.74) is 11.3. The number of nitrogens with zero attached hydrogens (tertiary/aromatic N) is 1. The molecule has 0 saturated heterocycles. The van der Waals surface area contributed by atoms with Crippen molar-refractivity contribution in [2.45, 2.75) is 0 Å². The quantitative estimate of drug-likeness (QED) is 0.159. The molecular weight excluding hydrogens is 723 g/mol. The third kappa shape index (κ3) is 5.67. The first-order chi connectivity index (χ1) is 29.7. The Morgan fingerprint density at radius 2 is 0.650 bits per heavy atom. The van der Waals surface area contributed by atoms with E-state index in [4.69, 9.17) is 4.98 Å². The summed E-state index contributed by atoms with van der Waals surface area (Å²) in [5.74, 6) is 0. The van der Waals surface area contributed by atoms with Gasteiger partial charge in [-0.1, -0.05) is 194 Å². The van der Waals surface area contributed by atoms with E-state index in [0.717, 1.165) is 28.1 Å². The van der Waals surface area contributed by atoms with Crippen LogP contribution in [0.1, 0.15) is 0 Å². The van der Waals surface area contributed by atoms with Gasteiger partial charge in [0, 0.05) is 11.1 Å². The molecule has 0 spiro atoms. The van der Waals surface area contributed by atoms with Crippen LogP contribution in [0, 0.1) is 0 Å². The van der Waals surface area contributed by atoms with Crippen LogP contribution in [0.25, 0.3) is 121 Å². The van der Waals surface area contributed by atoms with Crippen molar-refractivity contribution in [3.63, 3.8) is 0 Å². The third-order valence-corrected chi connectivity index (χ3v) is 12.4. The molecule has 0 atom stereocenters. The number of benzene rings is 11. The van der Waals surface area contributed by atoms with Gasteiger partial charge in [0.05, 0.1) is 11.4 Å². The Bertz CT molecular complexity index is 3560. The zero-order chi connectivity index (χ0) is 39.6. The van der Waals surface area contributed by atoms with Crippen LogP contribution in [-0.4, -0.2) is 4.98 Å². The van der Waals surface area contributed by atoms with Gasteiger partial charge < -0.3 is 0 Å². The van der Waals surface area contributed by atoms with Crippen molar-refractivity contribution in [1.82, 2.24) is 4.98 Å². The minimum Gasteiger partial charge on any atom is -0.248 e. The SMILES string of the molecule is c1ccc2cc(-c3c4ccccc4c(-c4ccc5ccccc5c4)c4cc(-c5cc(-c6cccc7ccccc67)cc(-c6cccc7ccccc67)n5)ccc34)ccc2c1. The maximum absolute atomic E-state index is 5.56. The Hall–Kier alpha value is -7.87. The Labute approximate surface area is 348 Å². The average molecular weight is 760 g/mol. The van der Waals surface area contributed by atoms with E-state index in [1.807, 2.05) is 0 Å². The second-order valence-corrected chi connectivity index (χ2v) is 15.9. The maximum Gasteiger partial charge on any atom is 0.0721 e. The standard InChI is InChI=1S/C59H37N/c1-3-17-42-33-45(29-27-38(42)13-1)58-52-23-9-10-24-53(52)59(46-30-28-39-14-2-4-18-43(39)34-46)55-35-44(31-32-54(55)58)56-36-47(50-25-11-19-40-15-5-7-21-48(40)50)37-57(60-56)51-26-12-20-41-16-6-8-22-49(41)51/h1-37H. The van der Waals surface area contributed by atoms with Crippen LogP contribution in [0.4, 0.5) is 0 Å². The second kappa shape index (κ2) is 13.9. The van der Waals surface area contributed by atoms with E-state index in [-0.39, 0.29) is 0 Å². The molecule has 0 aliphatic carbocycles. The molecule has 60 heavy (non-hydrogen) atoms. The molecule has 11 aromatic carbocycles. The second-order valence-electron chi connectivity index (χ2n) is 15.9. The summed E-state index contributed by atoms with van der Waals surface area (Å²) in [6.07, 6.45) is 0. The molecule has 1 aromatic heterocycles. The van der Waals surface area contributed by atoms with Crippen molar-refractivity contribution < 1.29 is 0 Å². The van der Waals surface area contributed by atoms with Gasteiger partial charge in [-0.3, -0.25) is 0 Å². The summed E-state index contributed by atoms with van der Waals surface area (Å²) in [5, 5.41) is 14.7. The maximum atomic E-state index is 5.56. The molecule has 0 amide bonds. The monoisotopic (exact) mass is 759 g/mol. The van der Waals surface area contributed by atoms with Crippen molar-refractivity contribution >= 4 is 64.6 Å². The highest BCUT2D eigenvalue weighted by Gasteiger charge is 2.20. The minimum atomic E-state index is 0.940. The van der Waals surface area contributed by atoms with Crippen LogP contribution in [-0.2, 0) is 0 Å². The molecule has 0 saturated carbocycles. The highest BCUT2D eigenvalue weighted by molar-refractivity contribution is 6.22. The van der Waals surface area contributed by atoms with E-state index < -0.39 is 0 Å². The molecule has 0 aliphatic heterocycles. The van der Waals surface area contributed by atoms with Crippen LogP contribution in [0.2, 0.25) is 0 Å². The molecule has 0 unspecified atom stereocenters. The number of hydrogen-bond acceptors (Lipinski definition) is 1. The highest BCUT2D eigenvalue weighted by Crippen LogP contribution is 2.46. The molecule has 12 aromatic rings. The molecule has 1 heterocycles. The first-order valence-electron chi connectivity index (χ1n) is 20.7. The molecule has 0 radical (unpaired) electrons. The Kier molecular flexibility index (Phi) is 7.92. The zero-order valence-electron chi connectivity index (χ0n) is 32.8. The fourth-order valence-corrected chi connectivity index (χ4v) is 9.55. The molecule has 278 valence electrons. The Balaban J connectivity index is 1.17. The van der Waals surface area contributed by atoms with E-state index in [2.05, 4.69) is 224 Å². The molecule has 12 rings (SSSR count). The Morgan fingerprint density at radius 3 is 1.27 bits per heavy atom. The van der Waals surface area contributed by atoms with E-state index in [0.29, 0.717) is 0 Å². The molecule has 0 bridgehead atoms. The normalized spacial score (nSPS) is 11.7. The van der Waals surface area contributed by atoms with Crippen molar-refractivity contribution in [2.24, 2.45) is 0 Å². The summed E-state index contributed by atoms with van der Waals surface area (Å²) in [4.78, 5) is 5.56. The average Bonchev–Trinajstić information content (AvgIpc) is 3.32. The number of hydrogen-bond donors (Lipinski definition) is 0. The first kappa shape index (κ1) is 34.2. The highest BCUT2D eigenvalue weighted by atomic mass is 14.7. The third-order valence-electron chi connectivity index (χ3n) is 12.4. The molecule has 0 fully saturated rings. The zero-order valence-corrected chi connectivity index (χ0v) is 32.8. The van der Waals surface area contributed by atoms with E-state index in [1.54, 1.807) is 0 Å². The Morgan fingerprint density at radius 1 is 0.217 bits per heavy atom. The molecule has 1 heteroatoms. The van der Waals surface area contributed by atoms with Crippen molar-refractivity contribution in [3.8, 4) is 55.9 Å². The van der Waals surface area contributed by atoms with Gasteiger partial charge in [0.25, 0.3) is 0 Å². The van der Waals surface area contributed by atoms with Gasteiger partial charge in [-0.2, -0.15) is 0 Å². The lowest BCUT2D eigenvalue weighted by Gasteiger charge is -2.19. The van der Waals surface area contributed by atoms with Crippen LogP contribution >= 0.6 is 0 Å². The van der Waals surface area contributed by atoms with Crippen LogP contribution in [0.15, 0.2) is 224 Å². The number of aromatic nitrogens is 1. The minimum absolute atomic E-state index is 0.940. The van der Waals surface area contributed by atoms with Crippen LogP contribution in [0.3, 0.4) is 0 Å². The van der Waals surface area contributed by atoms with Crippen molar-refractivity contribution in [3.05, 3.63) is 224 Å². The lowest BCUT2D eigenvalue weighted by atomic mass is 9.84. The molecule has 0 aliphatic rings. The van der Waals surface area contributed by atoms with Gasteiger partial charge in [0.2, 0.25) is 0 Å². The van der Waals surface area contributed by atoms with Crippen molar-refractivity contribution in [2.75, 3.05) is 0 Å². The van der Waals surface area contributed by atoms with Gasteiger partial charge in [-0.15, -0.1) is 0 Å². The van der Waals surface area contributed by atoms with Gasteiger partial charge in [-0.05, 0) is 128 Å². The predicted octanol–water partition coefficient (Wildman–Crippen LogP) is 16.3. The number of pyridine rings is 1. The largest absolute Gasteiger partial charge is 0.248 e. The topological polar surface area (TPSA) is 12.9 Å². The van der Waals surface area contributed by atoms with Gasteiger partial charge in [0.15, 0.2) is 0 Å². The molecule has 1 nitrogen and oxygen atoms in total. The summed E-state index contributed by atoms with van der Waals surface area (Å²) in [6.45, 7) is 0. The van der Waals surface area contributed by atoms with E-state index >= 15 is 0 Å². The van der Waals surface area contributed by atoms with E-state index in [9.17, 15) is 0 Å². The summed E-state index contributed by atoms with van der Waals surface area (Å²) >= 11 is 0. The lowest BCUT2D eigenvalue weighted by molar-refractivity contribution is 1.33. The number of rotatable bonds is 5. The van der Waals surface area contributed by atoms with Crippen molar-refractivity contribution in [1.29, 1.82) is 0 Å². The van der Waals surface area contributed by atoms with Gasteiger partial charge in [-0.25, -0.2) is 4.98 Å². The summed E-state index contributed by atoms with van der Waals surface area (Å²) < 4.78 is 0. The first-order valence-corrected chi connectivity index (χ1v) is 20.7. The van der Waals surface area contributed by atoms with Gasteiger partial charge in [0.1, 0.15) is 0 Å². The molecule has 0 N–H and O–H groups in total. The van der Waals surface area contributed by atoms with Crippen LogP contribution in [0.5, 0.6) is 0 Å². The predicted molar refractivity (Wildman–Crippen MR) is 256 cm³/mol. The molecular formula is C59H37N. The van der Waals surface area contributed by atoms with E-state index in [1.165, 1.54) is 92.5 Å². The fraction of sp³-hybridized carbons (Fsp3) is 0. The van der Waals surface area contributed by atoms with Gasteiger partial charge >= 0.3 is 0 Å². The lowest BCUT2D eigenvalue weighted by Crippen LogP contribution is -1.95. The summed E-state index contributed by atoms with van der Waals surface area (Å²) in [7, 11) is 0. The number of fused-ring (bicyclic) bond motifs is 6. The fourth-order valence-electron chi connectivity index (χ4n) is 9.55. The van der Waals surface area contributed by atoms with Crippen LogP contribution < -0.4 is 0 Å². The smallest absolute Gasteiger partial charge is 0.0721 e. The summed E-state index contributed by atoms with van der Waals surface area (Å²) in [6, 6.07) is 82.1.